The highest BCUT2D eigenvalue weighted by atomic mass is 16.8. The van der Waals surface area contributed by atoms with Gasteiger partial charge < -0.3 is 14.4 Å². The lowest BCUT2D eigenvalue weighted by atomic mass is 9.92. The maximum Gasteiger partial charge on any atom is 0.554 e. The van der Waals surface area contributed by atoms with E-state index < -0.39 is 21.1 Å². The number of nitro groups is 1. The Hall–Kier alpha value is -1.86. The van der Waals surface area contributed by atoms with Gasteiger partial charge in [0.05, 0.1) is 0 Å². The Balaban J connectivity index is 5.53. The zero-order valence-electron chi connectivity index (χ0n) is 8.88. The number of nitrogens with zero attached hydrogens (tertiary/aromatic N) is 2. The molecule has 0 heterocycles. The van der Waals surface area contributed by atoms with E-state index in [-0.39, 0.29) is 5.97 Å². The summed E-state index contributed by atoms with van der Waals surface area (Å²) in [5.41, 5.74) is -1.47. The first-order valence-corrected chi connectivity index (χ1v) is 3.92. The molecule has 15 heavy (non-hydrogen) atoms. The molecule has 0 fully saturated rings. The minimum Gasteiger partial charge on any atom is -0.412 e. The van der Waals surface area contributed by atoms with E-state index in [4.69, 9.17) is 14.4 Å². The molecule has 86 valence electrons. The number of amidine groups is 1. The third kappa shape index (κ3) is 2.55. The second kappa shape index (κ2) is 4.58. The molecule has 0 saturated heterocycles. The van der Waals surface area contributed by atoms with E-state index in [0.717, 1.165) is 0 Å². The summed E-state index contributed by atoms with van der Waals surface area (Å²) in [7, 11) is 2.48. The maximum atomic E-state index is 10.6. The zero-order chi connectivity index (χ0) is 12.2. The molecule has 0 saturated carbocycles. The first kappa shape index (κ1) is 13.1. The smallest absolute Gasteiger partial charge is 0.412 e. The molecule has 0 aromatic heterocycles. The minimum atomic E-state index is -1.47. The van der Waals surface area contributed by atoms with Crippen LogP contribution in [0.1, 0.15) is 13.8 Å². The molecule has 8 nitrogen and oxygen atoms in total. The maximum absolute atomic E-state index is 10.6. The van der Waals surface area contributed by atoms with Crippen LogP contribution in [0.2, 0.25) is 0 Å². The molecule has 0 aromatic rings. The fourth-order valence-corrected chi connectivity index (χ4v) is 1.22. The highest BCUT2D eigenvalue weighted by molar-refractivity contribution is 5.98. The summed E-state index contributed by atoms with van der Waals surface area (Å²) >= 11 is 0. The number of hydrogen-bond donors (Lipinski definition) is 1. The fourth-order valence-electron chi connectivity index (χ4n) is 1.22. The highest BCUT2D eigenvalue weighted by Crippen LogP contribution is 2.20. The topological polar surface area (TPSA) is 110 Å². The van der Waals surface area contributed by atoms with Crippen LogP contribution in [0.3, 0.4) is 0 Å². The number of rotatable bonds is 2. The monoisotopic (exact) mass is 221 g/mol. The second-order valence-corrected chi connectivity index (χ2v) is 3.17. The summed E-state index contributed by atoms with van der Waals surface area (Å²) in [6, 6.07) is 0. The zero-order valence-corrected chi connectivity index (χ0v) is 8.88. The van der Waals surface area contributed by atoms with Gasteiger partial charge in [-0.25, -0.2) is 0 Å². The van der Waals surface area contributed by atoms with Crippen molar-refractivity contribution < 1.29 is 24.2 Å². The van der Waals surface area contributed by atoms with Gasteiger partial charge in [0.15, 0.2) is 14.2 Å². The van der Waals surface area contributed by atoms with Gasteiger partial charge in [-0.3, -0.25) is 15.3 Å². The van der Waals surface area contributed by atoms with Crippen LogP contribution in [0.5, 0.6) is 0 Å². The van der Waals surface area contributed by atoms with Crippen molar-refractivity contribution >= 4 is 11.8 Å². The molecule has 0 aliphatic carbocycles. The summed E-state index contributed by atoms with van der Waals surface area (Å²) in [4.78, 5) is 8.76. The van der Waals surface area contributed by atoms with Crippen LogP contribution >= 0.6 is 0 Å². The first-order chi connectivity index (χ1) is 6.78. The molecule has 0 rings (SSSR count). The lowest BCUT2D eigenvalue weighted by molar-refractivity contribution is -0.750. The van der Waals surface area contributed by atoms with Gasteiger partial charge in [0.1, 0.15) is 9.83 Å². The van der Waals surface area contributed by atoms with E-state index in [1.54, 1.807) is 0 Å². The highest BCUT2D eigenvalue weighted by Gasteiger charge is 2.57. The molecule has 0 aliphatic rings. The number of hydrogen-bond acceptors (Lipinski definition) is 5. The Morgan fingerprint density at radius 3 is 2.13 bits per heavy atom. The average Bonchev–Trinajstić information content (AvgIpc) is 2.02. The molecular formula is C7H13N2O6+. The largest absolute Gasteiger partial charge is 0.554 e. The molecule has 0 spiro atoms. The van der Waals surface area contributed by atoms with Crippen LogP contribution in [0, 0.1) is 20.7 Å². The summed E-state index contributed by atoms with van der Waals surface area (Å²) < 4.78 is 9.48. The van der Waals surface area contributed by atoms with Gasteiger partial charge in [-0.15, -0.1) is 0 Å². The van der Waals surface area contributed by atoms with Crippen LogP contribution in [0.15, 0.2) is 0 Å². The average molecular weight is 221 g/mol. The van der Waals surface area contributed by atoms with Crippen molar-refractivity contribution in [3.8, 4) is 0 Å². The number of methoxy groups -OCH3 is 1. The van der Waals surface area contributed by atoms with E-state index in [0.29, 0.717) is 0 Å². The second-order valence-electron chi connectivity index (χ2n) is 3.17. The molecule has 0 bridgehead atoms. The number of esters is 1. The summed E-state index contributed by atoms with van der Waals surface area (Å²) in [6.45, 7) is 2.63. The van der Waals surface area contributed by atoms with E-state index in [1.165, 1.54) is 28.1 Å². The minimum absolute atomic E-state index is 0.149. The predicted molar refractivity (Wildman–Crippen MR) is 49.1 cm³/mol. The van der Waals surface area contributed by atoms with Gasteiger partial charge in [-0.1, -0.05) is 0 Å². The lowest BCUT2D eigenvalue weighted by Crippen LogP contribution is -2.43. The fraction of sp³-hybridized carbons (Fsp3) is 0.714. The molecule has 0 aromatic carbocycles. The normalized spacial score (nSPS) is 14.5. The first-order valence-electron chi connectivity index (χ1n) is 3.92. The lowest BCUT2D eigenvalue weighted by Gasteiger charge is -2.08. The summed E-state index contributed by atoms with van der Waals surface area (Å²) in [5, 5.41) is 29.8. The molecule has 0 aliphatic heterocycles. The number of carbonyl (C=O) groups excluding carboxylic acids is 1. The van der Waals surface area contributed by atoms with Crippen molar-refractivity contribution in [1.82, 2.24) is 0 Å². The molecule has 0 atom stereocenters. The number of ether oxygens (including phenoxy) is 1. The van der Waals surface area contributed by atoms with Crippen LogP contribution in [-0.2, 0) is 9.16 Å². The van der Waals surface area contributed by atoms with Crippen molar-refractivity contribution in [3.63, 3.8) is 0 Å². The van der Waals surface area contributed by atoms with Gasteiger partial charge >= 0.3 is 11.8 Å². The molecular weight excluding hydrogens is 208 g/mol. The quantitative estimate of drug-likeness (QED) is 0.102. The van der Waals surface area contributed by atoms with Crippen LogP contribution in [0.4, 0.5) is 0 Å². The SMILES string of the molecule is COC(=[O+]C)C(C)(C)/C([N+](=O)[O-])=[N+](/[O-])O. The standard InChI is InChI=1S/C7H13N2O6/c1-7(2,6(14-3)15-4)5(8(10)11)9(12)13/h1-4H3,(H,10,11)/q+1. The third-order valence-corrected chi connectivity index (χ3v) is 1.79. The van der Waals surface area contributed by atoms with Crippen molar-refractivity contribution in [2.24, 2.45) is 5.41 Å². The van der Waals surface area contributed by atoms with Crippen LogP contribution < -0.4 is 0 Å². The van der Waals surface area contributed by atoms with E-state index in [2.05, 4.69) is 0 Å². The molecule has 8 heteroatoms. The van der Waals surface area contributed by atoms with Crippen molar-refractivity contribution in [3.05, 3.63) is 15.3 Å². The molecule has 0 amide bonds. The van der Waals surface area contributed by atoms with Crippen LogP contribution in [-0.4, -0.2) is 41.1 Å². The van der Waals surface area contributed by atoms with Gasteiger partial charge in [0.2, 0.25) is 0 Å². The summed E-state index contributed by atoms with van der Waals surface area (Å²) in [5.74, 6) is -1.13. The van der Waals surface area contributed by atoms with Gasteiger partial charge in [-0.05, 0) is 13.8 Å². The van der Waals surface area contributed by atoms with Crippen molar-refractivity contribution in [2.45, 2.75) is 13.8 Å². The van der Waals surface area contributed by atoms with Crippen molar-refractivity contribution in [2.75, 3.05) is 14.2 Å². The summed E-state index contributed by atoms with van der Waals surface area (Å²) in [6.07, 6.45) is 0. The van der Waals surface area contributed by atoms with E-state index in [9.17, 15) is 15.3 Å². The Kier molecular flexibility index (Phi) is 4.01. The molecule has 1 N–H and O–H groups in total. The van der Waals surface area contributed by atoms with E-state index >= 15 is 0 Å². The van der Waals surface area contributed by atoms with Crippen LogP contribution in [0.25, 0.3) is 0 Å². The van der Waals surface area contributed by atoms with Gasteiger partial charge in [0.25, 0.3) is 5.41 Å². The Morgan fingerprint density at radius 1 is 1.47 bits per heavy atom. The van der Waals surface area contributed by atoms with Crippen molar-refractivity contribution in [1.29, 1.82) is 0 Å². The third-order valence-electron chi connectivity index (χ3n) is 1.79. The Bertz CT molecular complexity index is 315. The van der Waals surface area contributed by atoms with Gasteiger partial charge in [0, 0.05) is 0 Å². The Morgan fingerprint density at radius 2 is 1.93 bits per heavy atom. The molecule has 0 radical (unpaired) electrons. The molecule has 0 unspecified atom stereocenters. The Labute approximate surface area is 85.8 Å². The van der Waals surface area contributed by atoms with E-state index in [1.807, 2.05) is 0 Å². The van der Waals surface area contributed by atoms with Gasteiger partial charge in [-0.2, -0.15) is 0 Å². The predicted octanol–water partition coefficient (Wildman–Crippen LogP) is -0.0742.